The fourth-order valence-electron chi connectivity index (χ4n) is 1.86. The lowest BCUT2D eigenvalue weighted by Gasteiger charge is -2.13. The van der Waals surface area contributed by atoms with Gasteiger partial charge in [0.2, 0.25) is 0 Å². The molecule has 1 aromatic rings. The molecule has 1 aromatic heterocycles. The Morgan fingerprint density at radius 3 is 2.69 bits per heavy atom. The zero-order chi connectivity index (χ0) is 12.0. The van der Waals surface area contributed by atoms with Gasteiger partial charge in [-0.25, -0.2) is 0 Å². The van der Waals surface area contributed by atoms with E-state index in [4.69, 9.17) is 12.2 Å². The number of rotatable bonds is 7. The Hall–Kier alpha value is -0.640. The van der Waals surface area contributed by atoms with Gasteiger partial charge in [-0.3, -0.25) is 5.10 Å². The molecule has 1 unspecified atom stereocenters. The normalized spacial score (nSPS) is 12.9. The summed E-state index contributed by atoms with van der Waals surface area (Å²) in [7, 11) is 0. The number of aryl methyl sites for hydroxylation is 1. The Balaban J connectivity index is 2.62. The third kappa shape index (κ3) is 3.44. The lowest BCUT2D eigenvalue weighted by Crippen LogP contribution is -2.08. The van der Waals surface area contributed by atoms with E-state index in [0.29, 0.717) is 6.04 Å². The molecule has 0 spiro atoms. The minimum atomic E-state index is 0.451. The predicted octanol–water partition coefficient (Wildman–Crippen LogP) is 4.03. The Morgan fingerprint density at radius 1 is 1.31 bits per heavy atom. The van der Waals surface area contributed by atoms with Crippen LogP contribution in [0.5, 0.6) is 0 Å². The van der Waals surface area contributed by atoms with Crippen molar-refractivity contribution in [3.8, 4) is 0 Å². The molecule has 3 nitrogen and oxygen atoms in total. The van der Waals surface area contributed by atoms with Crippen molar-refractivity contribution < 1.29 is 0 Å². The van der Waals surface area contributed by atoms with Crippen LogP contribution in [0.25, 0.3) is 0 Å². The summed E-state index contributed by atoms with van der Waals surface area (Å²) < 4.78 is 2.93. The van der Waals surface area contributed by atoms with Crippen LogP contribution in [0.4, 0.5) is 0 Å². The van der Waals surface area contributed by atoms with Crippen LogP contribution in [0, 0.1) is 4.77 Å². The number of nitrogens with one attached hydrogen (secondary N) is 1. The quantitative estimate of drug-likeness (QED) is 0.577. The fraction of sp³-hybridized carbons (Fsp3) is 0.833. The van der Waals surface area contributed by atoms with Gasteiger partial charge < -0.3 is 4.57 Å². The molecule has 0 saturated carbocycles. The molecule has 0 aromatic carbocycles. The first-order valence-corrected chi connectivity index (χ1v) is 6.77. The topological polar surface area (TPSA) is 33.6 Å². The second kappa shape index (κ2) is 6.84. The highest BCUT2D eigenvalue weighted by Gasteiger charge is 2.10. The number of nitrogens with zero attached hydrogens (tertiary/aromatic N) is 2. The lowest BCUT2D eigenvalue weighted by atomic mass is 10.1. The van der Waals surface area contributed by atoms with Crippen molar-refractivity contribution in [3.63, 3.8) is 0 Å². The van der Waals surface area contributed by atoms with Crippen LogP contribution in [0.2, 0.25) is 0 Å². The van der Waals surface area contributed by atoms with Crippen LogP contribution < -0.4 is 0 Å². The van der Waals surface area contributed by atoms with Gasteiger partial charge in [-0.05, 0) is 32.0 Å². The van der Waals surface area contributed by atoms with Gasteiger partial charge in [-0.15, -0.1) is 0 Å². The highest BCUT2D eigenvalue weighted by molar-refractivity contribution is 7.71. The smallest absolute Gasteiger partial charge is 0.195 e. The molecule has 92 valence electrons. The van der Waals surface area contributed by atoms with Crippen LogP contribution in [0.15, 0.2) is 0 Å². The Morgan fingerprint density at radius 2 is 2.06 bits per heavy atom. The molecule has 0 saturated heterocycles. The van der Waals surface area contributed by atoms with Gasteiger partial charge >= 0.3 is 0 Å². The molecule has 0 amide bonds. The van der Waals surface area contributed by atoms with Crippen LogP contribution in [0.1, 0.15) is 64.7 Å². The largest absolute Gasteiger partial charge is 0.301 e. The van der Waals surface area contributed by atoms with Crippen molar-refractivity contribution in [3.05, 3.63) is 10.6 Å². The zero-order valence-corrected chi connectivity index (χ0v) is 11.4. The molecular weight excluding hydrogens is 218 g/mol. The fourth-order valence-corrected chi connectivity index (χ4v) is 2.19. The molecule has 16 heavy (non-hydrogen) atoms. The number of aromatic amines is 1. The summed E-state index contributed by atoms with van der Waals surface area (Å²) in [5.74, 6) is 1.12. The second-order valence-electron chi connectivity index (χ2n) is 4.38. The Labute approximate surface area is 103 Å². The first-order valence-electron chi connectivity index (χ1n) is 6.36. The van der Waals surface area contributed by atoms with E-state index in [2.05, 4.69) is 35.5 Å². The maximum atomic E-state index is 5.26. The van der Waals surface area contributed by atoms with Crippen molar-refractivity contribution in [1.29, 1.82) is 0 Å². The molecule has 4 heteroatoms. The van der Waals surface area contributed by atoms with Gasteiger partial charge in [0.05, 0.1) is 0 Å². The molecule has 0 aliphatic heterocycles. The van der Waals surface area contributed by atoms with E-state index >= 15 is 0 Å². The van der Waals surface area contributed by atoms with Crippen LogP contribution in [0.3, 0.4) is 0 Å². The van der Waals surface area contributed by atoms with Crippen molar-refractivity contribution in [2.75, 3.05) is 0 Å². The van der Waals surface area contributed by atoms with E-state index in [1.807, 2.05) is 0 Å². The lowest BCUT2D eigenvalue weighted by molar-refractivity contribution is 0.496. The van der Waals surface area contributed by atoms with Gasteiger partial charge in [0.15, 0.2) is 4.77 Å². The van der Waals surface area contributed by atoms with Crippen LogP contribution in [-0.4, -0.2) is 14.8 Å². The number of aromatic nitrogens is 3. The number of H-pyrrole nitrogens is 1. The maximum Gasteiger partial charge on any atom is 0.195 e. The summed E-state index contributed by atoms with van der Waals surface area (Å²) in [4.78, 5) is 0. The number of unbranched alkanes of at least 4 members (excludes halogenated alkanes) is 3. The SMILES string of the molecule is CCCCCCc1n[nH]c(=S)n1C(C)CC. The minimum Gasteiger partial charge on any atom is -0.301 e. The molecule has 0 aliphatic carbocycles. The van der Waals surface area contributed by atoms with E-state index in [0.717, 1.165) is 23.4 Å². The standard InChI is InChI=1S/C12H23N3S/c1-4-6-7-8-9-11-13-14-12(16)15(11)10(3)5-2/h10H,4-9H2,1-3H3,(H,14,16). The highest BCUT2D eigenvalue weighted by atomic mass is 32.1. The summed E-state index contributed by atoms with van der Waals surface area (Å²) in [6.45, 7) is 6.61. The summed E-state index contributed by atoms with van der Waals surface area (Å²) >= 11 is 5.26. The summed E-state index contributed by atoms with van der Waals surface area (Å²) in [5, 5.41) is 7.24. The number of hydrogen-bond donors (Lipinski definition) is 1. The van der Waals surface area contributed by atoms with Gasteiger partial charge in [-0.1, -0.05) is 33.1 Å². The number of hydrogen-bond acceptors (Lipinski definition) is 2. The second-order valence-corrected chi connectivity index (χ2v) is 4.77. The van der Waals surface area contributed by atoms with Crippen LogP contribution >= 0.6 is 12.2 Å². The summed E-state index contributed by atoms with van der Waals surface area (Å²) in [5.41, 5.74) is 0. The van der Waals surface area contributed by atoms with Gasteiger partial charge in [0, 0.05) is 12.5 Å². The third-order valence-corrected chi connectivity index (χ3v) is 3.35. The van der Waals surface area contributed by atoms with Gasteiger partial charge in [0.25, 0.3) is 0 Å². The summed E-state index contributed by atoms with van der Waals surface area (Å²) in [6.07, 6.45) is 7.22. The molecule has 0 fully saturated rings. The zero-order valence-electron chi connectivity index (χ0n) is 10.6. The van der Waals surface area contributed by atoms with Crippen molar-refractivity contribution in [1.82, 2.24) is 14.8 Å². The Bertz CT molecular complexity index is 353. The third-order valence-electron chi connectivity index (χ3n) is 3.06. The van der Waals surface area contributed by atoms with Gasteiger partial charge in [-0.2, -0.15) is 5.10 Å². The first-order chi connectivity index (χ1) is 7.70. The molecule has 1 atom stereocenters. The molecule has 0 aliphatic rings. The molecule has 1 heterocycles. The average Bonchev–Trinajstić information content (AvgIpc) is 2.65. The predicted molar refractivity (Wildman–Crippen MR) is 70.3 cm³/mol. The molecule has 1 rings (SSSR count). The monoisotopic (exact) mass is 241 g/mol. The van der Waals surface area contributed by atoms with E-state index < -0.39 is 0 Å². The van der Waals surface area contributed by atoms with E-state index in [1.165, 1.54) is 25.7 Å². The summed E-state index contributed by atoms with van der Waals surface area (Å²) in [6, 6.07) is 0.451. The molecular formula is C12H23N3S. The van der Waals surface area contributed by atoms with Crippen molar-refractivity contribution in [2.45, 2.75) is 65.3 Å². The van der Waals surface area contributed by atoms with Gasteiger partial charge in [0.1, 0.15) is 5.82 Å². The average molecular weight is 241 g/mol. The van der Waals surface area contributed by atoms with E-state index in [-0.39, 0.29) is 0 Å². The van der Waals surface area contributed by atoms with E-state index in [1.54, 1.807) is 0 Å². The van der Waals surface area contributed by atoms with Crippen molar-refractivity contribution >= 4 is 12.2 Å². The molecule has 1 N–H and O–H groups in total. The minimum absolute atomic E-state index is 0.451. The molecule has 0 radical (unpaired) electrons. The molecule has 0 bridgehead atoms. The van der Waals surface area contributed by atoms with Crippen LogP contribution in [-0.2, 0) is 6.42 Å². The Kier molecular flexibility index (Phi) is 5.74. The maximum absolute atomic E-state index is 5.26. The first kappa shape index (κ1) is 13.4. The van der Waals surface area contributed by atoms with E-state index in [9.17, 15) is 0 Å². The highest BCUT2D eigenvalue weighted by Crippen LogP contribution is 2.15. The van der Waals surface area contributed by atoms with Crippen molar-refractivity contribution in [2.24, 2.45) is 0 Å².